The number of hydrogen-bond donors (Lipinski definition) is 2. The number of nitrogens with one attached hydrogen (secondary N) is 1. The van der Waals surface area contributed by atoms with Crippen molar-refractivity contribution in [3.63, 3.8) is 0 Å². The van der Waals surface area contributed by atoms with Crippen LogP contribution in [0.1, 0.15) is 5.56 Å². The monoisotopic (exact) mass is 226 g/mol. The number of nitrogens with zero attached hydrogens (tertiary/aromatic N) is 1. The molecule has 1 aromatic carbocycles. The fourth-order valence-electron chi connectivity index (χ4n) is 1.03. The van der Waals surface area contributed by atoms with Gasteiger partial charge in [-0.3, -0.25) is 15.4 Å². The van der Waals surface area contributed by atoms with Crippen molar-refractivity contribution in [3.8, 4) is 0 Å². The normalized spacial score (nSPS) is 10.3. The van der Waals surface area contributed by atoms with Gasteiger partial charge < -0.3 is 5.11 Å². The molecule has 0 spiro atoms. The van der Waals surface area contributed by atoms with Crippen LogP contribution >= 0.6 is 0 Å². The third-order valence-electron chi connectivity index (χ3n) is 1.65. The van der Waals surface area contributed by atoms with Crippen LogP contribution in [0.4, 0.5) is 14.9 Å². The Kier molecular flexibility index (Phi) is 3.54. The van der Waals surface area contributed by atoms with Gasteiger partial charge in [0.1, 0.15) is 0 Å². The van der Waals surface area contributed by atoms with E-state index in [1.54, 1.807) is 0 Å². The summed E-state index contributed by atoms with van der Waals surface area (Å²) < 4.78 is 13.5. The maximum Gasteiger partial charge on any atom is 0.409 e. The predicted molar refractivity (Wildman–Crippen MR) is 54.1 cm³/mol. The molecule has 2 N–H and O–H groups in total. The van der Waals surface area contributed by atoms with Crippen molar-refractivity contribution in [2.75, 3.05) is 5.32 Å². The van der Waals surface area contributed by atoms with Gasteiger partial charge in [-0.25, -0.2) is 9.18 Å². The minimum absolute atomic E-state index is 0.0667. The number of amides is 1. The molecule has 0 aliphatic carbocycles. The molecule has 1 rings (SSSR count). The summed E-state index contributed by atoms with van der Waals surface area (Å²) in [5.41, 5.74) is -0.319. The summed E-state index contributed by atoms with van der Waals surface area (Å²) in [4.78, 5) is 19.6. The van der Waals surface area contributed by atoms with Gasteiger partial charge in [0, 0.05) is 11.6 Å². The third kappa shape index (κ3) is 3.05. The maximum absolute atomic E-state index is 13.5. The molecule has 0 fully saturated rings. The average molecular weight is 226 g/mol. The Morgan fingerprint density at radius 3 is 2.81 bits per heavy atom. The molecular weight excluding hydrogens is 219 g/mol. The highest BCUT2D eigenvalue weighted by Gasteiger charge is 2.08. The highest BCUT2D eigenvalue weighted by Crippen LogP contribution is 2.19. The number of carboxylic acid groups (broad SMARTS) is 1. The molecule has 0 aliphatic heterocycles. The lowest BCUT2D eigenvalue weighted by Crippen LogP contribution is -2.09. The van der Waals surface area contributed by atoms with Gasteiger partial charge in [-0.1, -0.05) is 12.1 Å². The van der Waals surface area contributed by atoms with Crippen LogP contribution in [0.25, 0.3) is 6.08 Å². The number of rotatable bonds is 3. The van der Waals surface area contributed by atoms with Crippen LogP contribution in [-0.4, -0.2) is 16.1 Å². The number of nitro groups is 1. The van der Waals surface area contributed by atoms with Gasteiger partial charge in [0.2, 0.25) is 6.20 Å². The zero-order valence-corrected chi connectivity index (χ0v) is 7.88. The van der Waals surface area contributed by atoms with Crippen molar-refractivity contribution in [1.29, 1.82) is 0 Å². The Balaban J connectivity index is 3.03. The Bertz CT molecular complexity index is 459. The van der Waals surface area contributed by atoms with E-state index in [0.717, 1.165) is 6.08 Å². The maximum atomic E-state index is 13.5. The summed E-state index contributed by atoms with van der Waals surface area (Å²) in [6, 6.07) is 3.89. The summed E-state index contributed by atoms with van der Waals surface area (Å²) in [5.74, 6) is -0.858. The Labute approximate surface area is 89.2 Å². The second kappa shape index (κ2) is 4.87. The molecule has 0 bridgehead atoms. The summed E-state index contributed by atoms with van der Waals surface area (Å²) in [7, 11) is 0. The van der Waals surface area contributed by atoms with Crippen LogP contribution in [0, 0.1) is 15.9 Å². The van der Waals surface area contributed by atoms with Gasteiger partial charge in [-0.15, -0.1) is 0 Å². The van der Waals surface area contributed by atoms with Crippen LogP contribution < -0.4 is 5.32 Å². The van der Waals surface area contributed by atoms with E-state index in [2.05, 4.69) is 0 Å². The van der Waals surface area contributed by atoms with Crippen LogP contribution in [0.3, 0.4) is 0 Å². The number of carbonyl (C=O) groups is 1. The molecule has 0 atom stereocenters. The number of anilines is 1. The molecule has 0 radical (unpaired) electrons. The Morgan fingerprint density at radius 1 is 1.56 bits per heavy atom. The molecule has 7 heteroatoms. The first-order valence-corrected chi connectivity index (χ1v) is 4.11. The molecule has 0 saturated heterocycles. The molecule has 6 nitrogen and oxygen atoms in total. The van der Waals surface area contributed by atoms with E-state index in [1.807, 2.05) is 5.32 Å². The fourth-order valence-corrected chi connectivity index (χ4v) is 1.03. The van der Waals surface area contributed by atoms with E-state index >= 15 is 0 Å². The first-order valence-electron chi connectivity index (χ1n) is 4.11. The van der Waals surface area contributed by atoms with Crippen molar-refractivity contribution in [2.24, 2.45) is 0 Å². The summed E-state index contributed by atoms with van der Waals surface area (Å²) >= 11 is 0. The Hall–Kier alpha value is -2.44. The van der Waals surface area contributed by atoms with Crippen molar-refractivity contribution < 1.29 is 19.2 Å². The molecule has 0 unspecified atom stereocenters. The summed E-state index contributed by atoms with van der Waals surface area (Å²) in [6.07, 6.45) is 0.111. The van der Waals surface area contributed by atoms with E-state index in [9.17, 15) is 19.3 Å². The van der Waals surface area contributed by atoms with E-state index in [1.165, 1.54) is 18.2 Å². The molecule has 1 aromatic rings. The van der Waals surface area contributed by atoms with Crippen LogP contribution in [0.5, 0.6) is 0 Å². The fraction of sp³-hybridized carbons (Fsp3) is 0. The van der Waals surface area contributed by atoms with Crippen LogP contribution in [-0.2, 0) is 0 Å². The predicted octanol–water partition coefficient (Wildman–Crippen LogP) is 2.16. The molecule has 0 aliphatic rings. The van der Waals surface area contributed by atoms with E-state index in [0.29, 0.717) is 6.20 Å². The van der Waals surface area contributed by atoms with Gasteiger partial charge in [0.25, 0.3) is 0 Å². The number of hydrogen-bond acceptors (Lipinski definition) is 3. The minimum Gasteiger partial charge on any atom is -0.465 e. The second-order valence-corrected chi connectivity index (χ2v) is 2.74. The molecular formula is C9H7FN2O4. The topological polar surface area (TPSA) is 92.5 Å². The SMILES string of the molecule is O=C(O)Nc1cccc(C=C[N+](=O)[O-])c1F. The molecule has 0 heterocycles. The van der Waals surface area contributed by atoms with Gasteiger partial charge >= 0.3 is 6.09 Å². The molecule has 0 aromatic heterocycles. The lowest BCUT2D eigenvalue weighted by atomic mass is 10.2. The van der Waals surface area contributed by atoms with Crippen LogP contribution in [0.15, 0.2) is 24.4 Å². The minimum atomic E-state index is -1.41. The Morgan fingerprint density at radius 2 is 2.25 bits per heavy atom. The van der Waals surface area contributed by atoms with Crippen molar-refractivity contribution in [1.82, 2.24) is 0 Å². The molecule has 84 valence electrons. The summed E-state index contributed by atoms with van der Waals surface area (Å²) in [5, 5.41) is 20.3. The average Bonchev–Trinajstić information content (AvgIpc) is 2.18. The van der Waals surface area contributed by atoms with E-state index in [-0.39, 0.29) is 11.3 Å². The van der Waals surface area contributed by atoms with Crippen molar-refractivity contribution >= 4 is 17.9 Å². The highest BCUT2D eigenvalue weighted by atomic mass is 19.1. The van der Waals surface area contributed by atoms with E-state index in [4.69, 9.17) is 5.11 Å². The largest absolute Gasteiger partial charge is 0.465 e. The number of benzene rings is 1. The quantitative estimate of drug-likeness (QED) is 0.610. The van der Waals surface area contributed by atoms with Crippen molar-refractivity contribution in [3.05, 3.63) is 45.9 Å². The van der Waals surface area contributed by atoms with Gasteiger partial charge in [-0.05, 0) is 6.07 Å². The zero-order chi connectivity index (χ0) is 12.1. The smallest absolute Gasteiger partial charge is 0.409 e. The second-order valence-electron chi connectivity index (χ2n) is 2.74. The lowest BCUT2D eigenvalue weighted by Gasteiger charge is -2.03. The summed E-state index contributed by atoms with van der Waals surface area (Å²) in [6.45, 7) is 0. The number of halogens is 1. The van der Waals surface area contributed by atoms with Crippen molar-refractivity contribution in [2.45, 2.75) is 0 Å². The van der Waals surface area contributed by atoms with Crippen LogP contribution in [0.2, 0.25) is 0 Å². The third-order valence-corrected chi connectivity index (χ3v) is 1.65. The van der Waals surface area contributed by atoms with Gasteiger partial charge in [-0.2, -0.15) is 0 Å². The van der Waals surface area contributed by atoms with E-state index < -0.39 is 16.8 Å². The molecule has 1 amide bonds. The van der Waals surface area contributed by atoms with Gasteiger partial charge in [0.15, 0.2) is 5.82 Å². The standard InChI is InChI=1S/C9H7FN2O4/c10-8-6(4-5-12(15)16)2-1-3-7(8)11-9(13)14/h1-5,11H,(H,13,14). The highest BCUT2D eigenvalue weighted by molar-refractivity contribution is 5.83. The first-order chi connectivity index (χ1) is 7.50. The first kappa shape index (κ1) is 11.6. The zero-order valence-electron chi connectivity index (χ0n) is 7.88. The molecule has 16 heavy (non-hydrogen) atoms. The lowest BCUT2D eigenvalue weighted by molar-refractivity contribution is -0.400. The van der Waals surface area contributed by atoms with Gasteiger partial charge in [0.05, 0.1) is 10.6 Å². The molecule has 0 saturated carbocycles.